The maximum Gasteiger partial charge on any atom is 0.185 e. The number of anilines is 1. The van der Waals surface area contributed by atoms with Crippen LogP contribution in [0.3, 0.4) is 0 Å². The monoisotopic (exact) mass is 392 g/mol. The molecule has 0 saturated carbocycles. The predicted octanol–water partition coefficient (Wildman–Crippen LogP) is 3.95. The lowest BCUT2D eigenvalue weighted by atomic mass is 9.95. The Kier molecular flexibility index (Phi) is 5.37. The number of pyridine rings is 2. The van der Waals surface area contributed by atoms with Gasteiger partial charge >= 0.3 is 0 Å². The zero-order valence-electron chi connectivity index (χ0n) is 17.3. The Hall–Kier alpha value is -2.73. The highest BCUT2D eigenvalue weighted by atomic mass is 16.3. The predicted molar refractivity (Wildman–Crippen MR) is 114 cm³/mol. The van der Waals surface area contributed by atoms with Crippen LogP contribution in [0.5, 0.6) is 0 Å². The molecule has 0 spiro atoms. The van der Waals surface area contributed by atoms with Gasteiger partial charge in [0.25, 0.3) is 0 Å². The number of nitrogens with two attached hydrogens (primary N) is 1. The molecule has 4 heterocycles. The van der Waals surface area contributed by atoms with E-state index in [0.29, 0.717) is 17.2 Å². The van der Waals surface area contributed by atoms with E-state index in [0.717, 1.165) is 42.0 Å². The molecule has 1 fully saturated rings. The molecular formula is C23H28N4O2. The highest BCUT2D eigenvalue weighted by Gasteiger charge is 2.24. The summed E-state index contributed by atoms with van der Waals surface area (Å²) in [4.78, 5) is 24.1. The number of nitrogens with zero attached hydrogens (tertiary/aromatic N) is 3. The minimum atomic E-state index is -0.0252. The molecule has 6 heteroatoms. The van der Waals surface area contributed by atoms with Crippen LogP contribution in [0.15, 0.2) is 41.1 Å². The summed E-state index contributed by atoms with van der Waals surface area (Å²) in [7, 11) is 0. The molecule has 0 aliphatic carbocycles. The second-order valence-electron chi connectivity index (χ2n) is 8.49. The summed E-state index contributed by atoms with van der Waals surface area (Å²) in [6.07, 6.45) is 4.85. The number of hydrogen-bond acceptors (Lipinski definition) is 6. The lowest BCUT2D eigenvalue weighted by molar-refractivity contribution is 0.0988. The minimum Gasteiger partial charge on any atom is -0.459 e. The van der Waals surface area contributed by atoms with E-state index in [2.05, 4.69) is 35.6 Å². The third-order valence-corrected chi connectivity index (χ3v) is 5.51. The second-order valence-corrected chi connectivity index (χ2v) is 8.49. The Labute approximate surface area is 171 Å². The molecule has 6 nitrogen and oxygen atoms in total. The standard InChI is InChI=1S/C23H28N4O2/c1-14(2)23-10-19-22(29-23)5-4-18(26-19)21(28)9-16-11-25-7-6-20(16)27-12-15(3)8-17(24)13-27/h4-7,10-11,14-15,17H,8-9,12-13,24H2,1-3H3/t15-,17+/m1/s1. The first kappa shape index (κ1) is 19.6. The van der Waals surface area contributed by atoms with Crippen LogP contribution in [0.25, 0.3) is 11.1 Å². The van der Waals surface area contributed by atoms with Crippen molar-refractivity contribution >= 4 is 22.6 Å². The molecule has 4 rings (SSSR count). The maximum absolute atomic E-state index is 13.0. The van der Waals surface area contributed by atoms with Gasteiger partial charge in [-0.3, -0.25) is 9.78 Å². The van der Waals surface area contributed by atoms with Gasteiger partial charge in [0.15, 0.2) is 11.4 Å². The van der Waals surface area contributed by atoms with Crippen molar-refractivity contribution in [3.63, 3.8) is 0 Å². The van der Waals surface area contributed by atoms with Crippen molar-refractivity contribution in [3.8, 4) is 0 Å². The number of carbonyl (C=O) groups is 1. The molecule has 152 valence electrons. The summed E-state index contributed by atoms with van der Waals surface area (Å²) in [5.74, 6) is 1.65. The molecule has 1 aliphatic heterocycles. The smallest absolute Gasteiger partial charge is 0.185 e. The fraction of sp³-hybridized carbons (Fsp3) is 0.435. The first-order valence-electron chi connectivity index (χ1n) is 10.3. The van der Waals surface area contributed by atoms with E-state index < -0.39 is 0 Å². The van der Waals surface area contributed by atoms with Crippen LogP contribution >= 0.6 is 0 Å². The highest BCUT2D eigenvalue weighted by molar-refractivity contribution is 5.98. The SMILES string of the molecule is CC(C)c1cc2nc(C(=O)Cc3cnccc3N3C[C@H](C)C[C@H](N)C3)ccc2o1. The van der Waals surface area contributed by atoms with Crippen molar-refractivity contribution in [2.24, 2.45) is 11.7 Å². The van der Waals surface area contributed by atoms with Gasteiger partial charge in [-0.2, -0.15) is 0 Å². The van der Waals surface area contributed by atoms with Crippen molar-refractivity contribution in [1.82, 2.24) is 9.97 Å². The average molecular weight is 393 g/mol. The minimum absolute atomic E-state index is 0.0252. The number of ketones is 1. The summed E-state index contributed by atoms with van der Waals surface area (Å²) < 4.78 is 5.80. The number of rotatable bonds is 5. The third-order valence-electron chi connectivity index (χ3n) is 5.51. The van der Waals surface area contributed by atoms with Gasteiger partial charge in [-0.15, -0.1) is 0 Å². The average Bonchev–Trinajstić information content (AvgIpc) is 3.11. The van der Waals surface area contributed by atoms with Crippen molar-refractivity contribution in [1.29, 1.82) is 0 Å². The molecule has 0 aromatic carbocycles. The first-order valence-corrected chi connectivity index (χ1v) is 10.3. The number of hydrogen-bond donors (Lipinski definition) is 1. The van der Waals surface area contributed by atoms with Gasteiger partial charge in [0.2, 0.25) is 0 Å². The molecule has 2 atom stereocenters. The Morgan fingerprint density at radius 3 is 2.90 bits per heavy atom. The quantitative estimate of drug-likeness (QED) is 0.662. The lowest BCUT2D eigenvalue weighted by Gasteiger charge is -2.37. The summed E-state index contributed by atoms with van der Waals surface area (Å²) in [6, 6.07) is 7.62. The lowest BCUT2D eigenvalue weighted by Crippen LogP contribution is -2.46. The Bertz CT molecular complexity index is 1020. The number of carbonyl (C=O) groups excluding carboxylic acids is 1. The molecule has 3 aromatic rings. The van der Waals surface area contributed by atoms with E-state index >= 15 is 0 Å². The fourth-order valence-corrected chi connectivity index (χ4v) is 4.11. The summed E-state index contributed by atoms with van der Waals surface area (Å²) in [5, 5.41) is 0. The number of piperidine rings is 1. The molecule has 29 heavy (non-hydrogen) atoms. The van der Waals surface area contributed by atoms with Crippen molar-refractivity contribution in [3.05, 3.63) is 53.7 Å². The Morgan fingerprint density at radius 1 is 1.31 bits per heavy atom. The fourth-order valence-electron chi connectivity index (χ4n) is 4.11. The van der Waals surface area contributed by atoms with E-state index in [1.807, 2.05) is 18.2 Å². The van der Waals surface area contributed by atoms with Gasteiger partial charge < -0.3 is 15.1 Å². The Morgan fingerprint density at radius 2 is 2.14 bits per heavy atom. The van der Waals surface area contributed by atoms with E-state index in [1.54, 1.807) is 18.5 Å². The van der Waals surface area contributed by atoms with Crippen LogP contribution in [0.2, 0.25) is 0 Å². The number of furan rings is 1. The topological polar surface area (TPSA) is 85.2 Å². The molecule has 0 bridgehead atoms. The van der Waals surface area contributed by atoms with E-state index in [-0.39, 0.29) is 24.2 Å². The number of aromatic nitrogens is 2. The van der Waals surface area contributed by atoms with Crippen LogP contribution in [0.1, 0.15) is 54.9 Å². The van der Waals surface area contributed by atoms with Gasteiger partial charge in [0.1, 0.15) is 17.0 Å². The second kappa shape index (κ2) is 7.95. The molecule has 3 aromatic heterocycles. The van der Waals surface area contributed by atoms with Crippen LogP contribution in [-0.4, -0.2) is 34.9 Å². The van der Waals surface area contributed by atoms with Crippen LogP contribution in [0, 0.1) is 5.92 Å². The number of fused-ring (bicyclic) bond motifs is 1. The molecule has 0 amide bonds. The summed E-state index contributed by atoms with van der Waals surface area (Å²) in [5.41, 5.74) is 10.1. The van der Waals surface area contributed by atoms with E-state index in [1.165, 1.54) is 0 Å². The summed E-state index contributed by atoms with van der Waals surface area (Å²) in [6.45, 7) is 8.10. The largest absolute Gasteiger partial charge is 0.459 e. The zero-order valence-corrected chi connectivity index (χ0v) is 17.3. The maximum atomic E-state index is 13.0. The normalized spacial score (nSPS) is 19.8. The molecular weight excluding hydrogens is 364 g/mol. The molecule has 0 radical (unpaired) electrons. The van der Waals surface area contributed by atoms with Crippen molar-refractivity contribution in [2.75, 3.05) is 18.0 Å². The van der Waals surface area contributed by atoms with Gasteiger partial charge in [-0.05, 0) is 30.5 Å². The van der Waals surface area contributed by atoms with E-state index in [9.17, 15) is 4.79 Å². The van der Waals surface area contributed by atoms with Crippen LogP contribution < -0.4 is 10.6 Å². The van der Waals surface area contributed by atoms with Gasteiger partial charge in [-0.1, -0.05) is 20.8 Å². The molecule has 1 saturated heterocycles. The molecule has 2 N–H and O–H groups in total. The molecule has 1 aliphatic rings. The third kappa shape index (κ3) is 4.17. The molecule has 0 unspecified atom stereocenters. The number of Topliss-reactive ketones (excluding diaryl/α,β-unsaturated/α-hetero) is 1. The van der Waals surface area contributed by atoms with Crippen molar-refractivity contribution in [2.45, 2.75) is 45.6 Å². The zero-order chi connectivity index (χ0) is 20.5. The van der Waals surface area contributed by atoms with Gasteiger partial charge in [-0.25, -0.2) is 4.98 Å². The summed E-state index contributed by atoms with van der Waals surface area (Å²) >= 11 is 0. The highest BCUT2D eigenvalue weighted by Crippen LogP contribution is 2.27. The van der Waals surface area contributed by atoms with Gasteiger partial charge in [0, 0.05) is 61.2 Å². The van der Waals surface area contributed by atoms with Gasteiger partial charge in [0.05, 0.1) is 0 Å². The van der Waals surface area contributed by atoms with E-state index in [4.69, 9.17) is 10.2 Å². The first-order chi connectivity index (χ1) is 13.9. The van der Waals surface area contributed by atoms with Crippen molar-refractivity contribution < 1.29 is 9.21 Å². The van der Waals surface area contributed by atoms with Crippen LogP contribution in [-0.2, 0) is 6.42 Å². The Balaban J connectivity index is 1.58. The van der Waals surface area contributed by atoms with Crippen LogP contribution in [0.4, 0.5) is 5.69 Å².